The van der Waals surface area contributed by atoms with Crippen molar-refractivity contribution in [1.82, 2.24) is 4.81 Å². The molecule has 2 heteroatoms. The Morgan fingerprint density at radius 2 is 1.59 bits per heavy atom. The third-order valence-electron chi connectivity index (χ3n) is 3.26. The van der Waals surface area contributed by atoms with E-state index in [0.29, 0.717) is 5.82 Å². The fourth-order valence-corrected chi connectivity index (χ4v) is 2.12. The molecule has 1 rings (SSSR count). The quantitative estimate of drug-likeness (QED) is 0.696. The number of rotatable bonds is 5. The van der Waals surface area contributed by atoms with Gasteiger partial charge in [0.15, 0.2) is 0 Å². The normalized spacial score (nSPS) is 13.8. The highest BCUT2D eigenvalue weighted by Crippen LogP contribution is 2.34. The summed E-state index contributed by atoms with van der Waals surface area (Å²) in [6, 6.07) is 10.8. The van der Waals surface area contributed by atoms with Crippen LogP contribution in [0.25, 0.3) is 0 Å². The number of hydrogen-bond donors (Lipinski definition) is 0. The second-order valence-electron chi connectivity index (χ2n) is 5.62. The Kier molecular flexibility index (Phi) is 5.26. The molecule has 1 radical (unpaired) electrons. The average Bonchev–Trinajstić information content (AvgIpc) is 2.30. The third-order valence-corrected chi connectivity index (χ3v) is 3.26. The third kappa shape index (κ3) is 4.20. The second-order valence-corrected chi connectivity index (χ2v) is 5.62. The Morgan fingerprint density at radius 3 is 2.00 bits per heavy atom. The topological polar surface area (TPSA) is 3.24 Å². The van der Waals surface area contributed by atoms with Gasteiger partial charge in [0.25, 0.3) is 0 Å². The summed E-state index contributed by atoms with van der Waals surface area (Å²) in [6.45, 7) is 13.5. The SMILES string of the molecule is CCN([B]C(c1ccccc1)C(C)(C)C)CC. The van der Waals surface area contributed by atoms with Crippen molar-refractivity contribution in [3.63, 3.8) is 0 Å². The van der Waals surface area contributed by atoms with Gasteiger partial charge in [0.1, 0.15) is 0 Å². The molecule has 0 amide bonds. The fraction of sp³-hybridized carbons (Fsp3) is 0.600. The second kappa shape index (κ2) is 6.25. The molecule has 17 heavy (non-hydrogen) atoms. The van der Waals surface area contributed by atoms with Gasteiger partial charge in [0.05, 0.1) is 0 Å². The van der Waals surface area contributed by atoms with Crippen LogP contribution in [0.15, 0.2) is 30.3 Å². The van der Waals surface area contributed by atoms with Crippen molar-refractivity contribution < 1.29 is 0 Å². The van der Waals surface area contributed by atoms with E-state index in [1.165, 1.54) is 5.56 Å². The van der Waals surface area contributed by atoms with Crippen LogP contribution in [-0.4, -0.2) is 25.3 Å². The van der Waals surface area contributed by atoms with Crippen molar-refractivity contribution in [2.24, 2.45) is 5.41 Å². The highest BCUT2D eigenvalue weighted by atomic mass is 15.0. The molecule has 0 N–H and O–H groups in total. The van der Waals surface area contributed by atoms with E-state index in [4.69, 9.17) is 0 Å². The molecule has 0 aliphatic carbocycles. The Labute approximate surface area is 107 Å². The molecule has 1 aromatic rings. The van der Waals surface area contributed by atoms with Crippen molar-refractivity contribution in [3.8, 4) is 0 Å². The van der Waals surface area contributed by atoms with Gasteiger partial charge in [0, 0.05) is 0 Å². The van der Waals surface area contributed by atoms with Crippen molar-refractivity contribution in [2.45, 2.75) is 40.4 Å². The van der Waals surface area contributed by atoms with Crippen LogP contribution in [0.3, 0.4) is 0 Å². The molecule has 0 spiro atoms. The predicted molar refractivity (Wildman–Crippen MR) is 77.3 cm³/mol. The zero-order valence-electron chi connectivity index (χ0n) is 11.9. The van der Waals surface area contributed by atoms with Gasteiger partial charge in [-0.15, -0.1) is 0 Å². The van der Waals surface area contributed by atoms with Crippen LogP contribution in [0.5, 0.6) is 0 Å². The van der Waals surface area contributed by atoms with E-state index >= 15 is 0 Å². The van der Waals surface area contributed by atoms with E-state index in [1.807, 2.05) is 0 Å². The molecule has 0 bridgehead atoms. The fourth-order valence-electron chi connectivity index (χ4n) is 2.12. The Balaban J connectivity index is 2.90. The monoisotopic (exact) mass is 230 g/mol. The smallest absolute Gasteiger partial charge is 0.217 e. The molecule has 0 fully saturated rings. The number of hydrogen-bond acceptors (Lipinski definition) is 1. The minimum Gasteiger partial charge on any atom is -0.346 e. The lowest BCUT2D eigenvalue weighted by molar-refractivity contribution is 0.368. The highest BCUT2D eigenvalue weighted by Gasteiger charge is 2.28. The predicted octanol–water partition coefficient (Wildman–Crippen LogP) is 3.73. The summed E-state index contributed by atoms with van der Waals surface area (Å²) >= 11 is 0. The summed E-state index contributed by atoms with van der Waals surface area (Å²) in [6.07, 6.45) is 0. The Morgan fingerprint density at radius 1 is 1.06 bits per heavy atom. The van der Waals surface area contributed by atoms with Gasteiger partial charge < -0.3 is 4.81 Å². The summed E-state index contributed by atoms with van der Waals surface area (Å²) in [5.74, 6) is 0.476. The minimum atomic E-state index is 0.254. The lowest BCUT2D eigenvalue weighted by Gasteiger charge is -2.34. The minimum absolute atomic E-state index is 0.254. The van der Waals surface area contributed by atoms with Crippen LogP contribution in [0.2, 0.25) is 0 Å². The molecular weight excluding hydrogens is 205 g/mol. The summed E-state index contributed by atoms with van der Waals surface area (Å²) in [4.78, 5) is 2.39. The van der Waals surface area contributed by atoms with Crippen LogP contribution < -0.4 is 0 Å². The van der Waals surface area contributed by atoms with E-state index in [2.05, 4.69) is 77.2 Å². The van der Waals surface area contributed by atoms with Gasteiger partial charge >= 0.3 is 0 Å². The molecule has 93 valence electrons. The van der Waals surface area contributed by atoms with E-state index < -0.39 is 0 Å². The van der Waals surface area contributed by atoms with Gasteiger partial charge in [-0.05, 0) is 24.3 Å². The van der Waals surface area contributed by atoms with Crippen LogP contribution in [0.4, 0.5) is 0 Å². The van der Waals surface area contributed by atoms with E-state index in [9.17, 15) is 0 Å². The molecule has 0 aliphatic rings. The highest BCUT2D eigenvalue weighted by molar-refractivity contribution is 6.34. The van der Waals surface area contributed by atoms with Crippen molar-refractivity contribution in [3.05, 3.63) is 35.9 Å². The standard InChI is InChI=1S/C15H25BN/c1-6-17(7-2)16-14(15(3,4)5)13-11-9-8-10-12-13/h8-12,14H,6-7H2,1-5H3. The average molecular weight is 230 g/mol. The zero-order chi connectivity index (χ0) is 12.9. The van der Waals surface area contributed by atoms with Crippen LogP contribution in [-0.2, 0) is 0 Å². The van der Waals surface area contributed by atoms with E-state index in [1.54, 1.807) is 0 Å². The number of benzene rings is 1. The van der Waals surface area contributed by atoms with Gasteiger partial charge in [-0.2, -0.15) is 0 Å². The van der Waals surface area contributed by atoms with Crippen molar-refractivity contribution in [1.29, 1.82) is 0 Å². The molecule has 0 aromatic heterocycles. The maximum absolute atomic E-state index is 2.40. The van der Waals surface area contributed by atoms with Crippen LogP contribution >= 0.6 is 0 Å². The van der Waals surface area contributed by atoms with Crippen LogP contribution in [0, 0.1) is 5.41 Å². The molecule has 0 saturated heterocycles. The first-order chi connectivity index (χ1) is 7.99. The summed E-state index contributed by atoms with van der Waals surface area (Å²) in [5, 5.41) is 0. The first-order valence-electron chi connectivity index (χ1n) is 6.63. The lowest BCUT2D eigenvalue weighted by Crippen LogP contribution is -2.37. The Hall–Kier alpha value is -0.755. The van der Waals surface area contributed by atoms with Crippen LogP contribution in [0.1, 0.15) is 46.0 Å². The van der Waals surface area contributed by atoms with E-state index in [0.717, 1.165) is 13.1 Å². The molecular formula is C15H25BN. The molecule has 1 nitrogen and oxygen atoms in total. The lowest BCUT2D eigenvalue weighted by atomic mass is 9.57. The van der Waals surface area contributed by atoms with Gasteiger partial charge in [-0.25, -0.2) is 0 Å². The maximum Gasteiger partial charge on any atom is 0.217 e. The molecule has 0 saturated carbocycles. The first-order valence-corrected chi connectivity index (χ1v) is 6.63. The molecule has 0 aliphatic heterocycles. The number of nitrogens with zero attached hydrogens (tertiary/aromatic N) is 1. The van der Waals surface area contributed by atoms with E-state index in [-0.39, 0.29) is 5.41 Å². The maximum atomic E-state index is 2.40. The van der Waals surface area contributed by atoms with Gasteiger partial charge in [-0.1, -0.05) is 70.5 Å². The largest absolute Gasteiger partial charge is 0.346 e. The van der Waals surface area contributed by atoms with Gasteiger partial charge in [0.2, 0.25) is 7.41 Å². The Bertz CT molecular complexity index is 311. The summed E-state index contributed by atoms with van der Waals surface area (Å²) in [7, 11) is 2.40. The van der Waals surface area contributed by atoms with Crippen molar-refractivity contribution in [2.75, 3.05) is 13.1 Å². The molecule has 0 heterocycles. The molecule has 1 atom stereocenters. The molecule has 1 unspecified atom stereocenters. The molecule has 1 aromatic carbocycles. The summed E-state index contributed by atoms with van der Waals surface area (Å²) < 4.78 is 0. The van der Waals surface area contributed by atoms with Crippen molar-refractivity contribution >= 4 is 7.41 Å². The zero-order valence-corrected chi connectivity index (χ0v) is 11.9. The first kappa shape index (κ1) is 14.3. The van der Waals surface area contributed by atoms with Gasteiger partial charge in [-0.3, -0.25) is 0 Å². The summed E-state index contributed by atoms with van der Waals surface area (Å²) in [5.41, 5.74) is 1.66.